The number of rotatable bonds is 7. The second-order valence-electron chi connectivity index (χ2n) is 8.44. The number of fused-ring (bicyclic) bond motifs is 1. The van der Waals surface area contributed by atoms with Crippen LogP contribution in [0.3, 0.4) is 0 Å². The summed E-state index contributed by atoms with van der Waals surface area (Å²) in [5, 5.41) is 4.52. The number of hydrogen-bond donors (Lipinski definition) is 1. The van der Waals surface area contributed by atoms with Gasteiger partial charge >= 0.3 is 5.97 Å². The van der Waals surface area contributed by atoms with E-state index >= 15 is 0 Å². The van der Waals surface area contributed by atoms with Gasteiger partial charge in [-0.1, -0.05) is 75.4 Å². The molecular formula is C26H29NO4. The molecule has 0 bridgehead atoms. The molecule has 3 aromatic carbocycles. The Bertz CT molecular complexity index is 1060. The molecule has 5 nitrogen and oxygen atoms in total. The maximum atomic E-state index is 13.1. The molecular weight excluding hydrogens is 390 g/mol. The number of benzene rings is 3. The number of carbonyl (C=O) groups is 2. The Hall–Kier alpha value is -3.18. The lowest BCUT2D eigenvalue weighted by Gasteiger charge is -2.19. The molecule has 1 N–H and O–H groups in total. The molecule has 0 saturated carbocycles. The third-order valence-corrected chi connectivity index (χ3v) is 5.15. The van der Waals surface area contributed by atoms with Gasteiger partial charge in [0.25, 0.3) is 5.91 Å². The van der Waals surface area contributed by atoms with Gasteiger partial charge in [-0.2, -0.15) is 4.89 Å². The summed E-state index contributed by atoms with van der Waals surface area (Å²) in [6, 6.07) is 19.3. The summed E-state index contributed by atoms with van der Waals surface area (Å²) in [5.74, 6) is -0.998. The summed E-state index contributed by atoms with van der Waals surface area (Å²) in [4.78, 5) is 35.1. The van der Waals surface area contributed by atoms with Crippen molar-refractivity contribution in [3.63, 3.8) is 0 Å². The number of nitrogens with one attached hydrogen (secondary N) is 1. The highest BCUT2D eigenvalue weighted by molar-refractivity contribution is 6.14. The lowest BCUT2D eigenvalue weighted by atomic mass is 9.86. The normalized spacial score (nSPS) is 11.4. The molecule has 0 aliphatic rings. The minimum Gasteiger partial charge on any atom is -0.352 e. The van der Waals surface area contributed by atoms with Crippen LogP contribution in [0.4, 0.5) is 0 Å². The quantitative estimate of drug-likeness (QED) is 0.421. The van der Waals surface area contributed by atoms with E-state index < -0.39 is 5.97 Å². The van der Waals surface area contributed by atoms with E-state index in [0.717, 1.165) is 10.9 Å². The summed E-state index contributed by atoms with van der Waals surface area (Å²) >= 11 is 0. The van der Waals surface area contributed by atoms with Crippen molar-refractivity contribution < 1.29 is 19.4 Å². The molecule has 0 aliphatic carbocycles. The molecule has 1 amide bonds. The van der Waals surface area contributed by atoms with Crippen LogP contribution in [0.15, 0.2) is 60.7 Å². The van der Waals surface area contributed by atoms with Crippen molar-refractivity contribution in [1.29, 1.82) is 0 Å². The van der Waals surface area contributed by atoms with Crippen LogP contribution in [0, 0.1) is 0 Å². The van der Waals surface area contributed by atoms with Gasteiger partial charge in [-0.25, -0.2) is 4.79 Å². The van der Waals surface area contributed by atoms with E-state index in [1.807, 2.05) is 24.3 Å². The molecule has 3 aromatic rings. The van der Waals surface area contributed by atoms with E-state index in [1.165, 1.54) is 5.56 Å². The van der Waals surface area contributed by atoms with E-state index in [9.17, 15) is 9.59 Å². The van der Waals surface area contributed by atoms with Gasteiger partial charge in [0.15, 0.2) is 0 Å². The monoisotopic (exact) mass is 419 g/mol. The predicted octanol–water partition coefficient (Wildman–Crippen LogP) is 5.22. The summed E-state index contributed by atoms with van der Waals surface area (Å²) < 4.78 is 0. The fourth-order valence-electron chi connectivity index (χ4n) is 3.42. The first-order valence-electron chi connectivity index (χ1n) is 10.5. The summed E-state index contributed by atoms with van der Waals surface area (Å²) in [6.45, 7) is 8.95. The van der Waals surface area contributed by atoms with Crippen LogP contribution >= 0.6 is 0 Å². The van der Waals surface area contributed by atoms with Gasteiger partial charge in [-0.3, -0.25) is 9.68 Å². The van der Waals surface area contributed by atoms with E-state index in [0.29, 0.717) is 23.9 Å². The maximum absolute atomic E-state index is 13.1. The predicted molar refractivity (Wildman–Crippen MR) is 122 cm³/mol. The third kappa shape index (κ3) is 5.50. The molecule has 31 heavy (non-hydrogen) atoms. The minimum absolute atomic E-state index is 0.105. The molecule has 3 rings (SSSR count). The highest BCUT2D eigenvalue weighted by Crippen LogP contribution is 2.24. The smallest absolute Gasteiger partial charge is 0.352 e. The Labute approximate surface area is 183 Å². The van der Waals surface area contributed by atoms with Crippen LogP contribution in [-0.2, 0) is 21.6 Å². The van der Waals surface area contributed by atoms with Gasteiger partial charge in [-0.15, -0.1) is 0 Å². The number of carbonyl (C=O) groups excluding carboxylic acids is 2. The van der Waals surface area contributed by atoms with Gasteiger partial charge in [0.1, 0.15) is 0 Å². The molecule has 0 heterocycles. The van der Waals surface area contributed by atoms with Crippen molar-refractivity contribution in [1.82, 2.24) is 5.32 Å². The average Bonchev–Trinajstić information content (AvgIpc) is 2.76. The number of hydrogen-bond acceptors (Lipinski definition) is 4. The van der Waals surface area contributed by atoms with Crippen LogP contribution in [0.1, 0.15) is 59.5 Å². The zero-order valence-electron chi connectivity index (χ0n) is 18.5. The summed E-state index contributed by atoms with van der Waals surface area (Å²) in [6.07, 6.45) is 0.694. The van der Waals surface area contributed by atoms with Gasteiger partial charge in [0, 0.05) is 6.54 Å². The van der Waals surface area contributed by atoms with E-state index in [-0.39, 0.29) is 23.5 Å². The maximum Gasteiger partial charge on any atom is 0.373 e. The Morgan fingerprint density at radius 1 is 0.935 bits per heavy atom. The van der Waals surface area contributed by atoms with Crippen LogP contribution in [0.5, 0.6) is 0 Å². The second kappa shape index (κ2) is 9.75. The molecule has 5 heteroatoms. The molecule has 0 radical (unpaired) electrons. The Morgan fingerprint density at radius 3 is 2.32 bits per heavy atom. The fraction of sp³-hybridized carbons (Fsp3) is 0.308. The standard InChI is InChI=1S/C26H29NO4/c1-5-30-31-25(29)22-15-12-19-8-6-7-9-21(19)23(22)24(28)27-17-16-18-10-13-20(14-11-18)26(2,3)4/h6-15H,5,16-17H2,1-4H3,(H,27,28). The number of amides is 1. The van der Waals surface area contributed by atoms with Crippen LogP contribution in [-0.4, -0.2) is 25.0 Å². The Kier molecular flexibility index (Phi) is 7.08. The van der Waals surface area contributed by atoms with Crippen LogP contribution in [0.25, 0.3) is 10.8 Å². The van der Waals surface area contributed by atoms with Crippen LogP contribution < -0.4 is 5.32 Å². The minimum atomic E-state index is -0.685. The molecule has 0 aromatic heterocycles. The lowest BCUT2D eigenvalue weighted by Crippen LogP contribution is -2.28. The van der Waals surface area contributed by atoms with Gasteiger partial charge in [0.2, 0.25) is 0 Å². The first-order valence-corrected chi connectivity index (χ1v) is 10.5. The highest BCUT2D eigenvalue weighted by atomic mass is 17.2. The fourth-order valence-corrected chi connectivity index (χ4v) is 3.42. The molecule has 0 unspecified atom stereocenters. The van der Waals surface area contributed by atoms with Crippen molar-refractivity contribution in [3.8, 4) is 0 Å². The molecule has 0 aliphatic heterocycles. The zero-order valence-corrected chi connectivity index (χ0v) is 18.5. The van der Waals surface area contributed by atoms with Gasteiger partial charge in [-0.05, 0) is 46.7 Å². The largest absolute Gasteiger partial charge is 0.373 e. The van der Waals surface area contributed by atoms with Gasteiger partial charge in [0.05, 0.1) is 17.7 Å². The van der Waals surface area contributed by atoms with Crippen molar-refractivity contribution in [2.24, 2.45) is 0 Å². The summed E-state index contributed by atoms with van der Waals surface area (Å²) in [5.41, 5.74) is 2.99. The Morgan fingerprint density at radius 2 is 1.65 bits per heavy atom. The van der Waals surface area contributed by atoms with Crippen molar-refractivity contribution in [2.45, 2.75) is 39.5 Å². The average molecular weight is 420 g/mol. The first-order chi connectivity index (χ1) is 14.8. The van der Waals surface area contributed by atoms with E-state index in [2.05, 4.69) is 50.4 Å². The third-order valence-electron chi connectivity index (χ3n) is 5.15. The first kappa shape index (κ1) is 22.5. The molecule has 0 spiro atoms. The van der Waals surface area contributed by atoms with Gasteiger partial charge < -0.3 is 5.32 Å². The van der Waals surface area contributed by atoms with Crippen LogP contribution in [0.2, 0.25) is 0 Å². The Balaban J connectivity index is 1.77. The van der Waals surface area contributed by atoms with Crippen molar-refractivity contribution >= 4 is 22.6 Å². The SMILES string of the molecule is CCOOC(=O)c1ccc2ccccc2c1C(=O)NCCc1ccc(C(C)(C)C)cc1. The molecule has 0 saturated heterocycles. The summed E-state index contributed by atoms with van der Waals surface area (Å²) in [7, 11) is 0. The highest BCUT2D eigenvalue weighted by Gasteiger charge is 2.22. The lowest BCUT2D eigenvalue weighted by molar-refractivity contribution is -0.236. The second-order valence-corrected chi connectivity index (χ2v) is 8.44. The molecule has 0 fully saturated rings. The van der Waals surface area contributed by atoms with E-state index in [4.69, 9.17) is 9.78 Å². The van der Waals surface area contributed by atoms with Crippen molar-refractivity contribution in [2.75, 3.05) is 13.2 Å². The van der Waals surface area contributed by atoms with Crippen molar-refractivity contribution in [3.05, 3.63) is 82.9 Å². The van der Waals surface area contributed by atoms with E-state index in [1.54, 1.807) is 19.1 Å². The molecule has 162 valence electrons. The molecule has 0 atom stereocenters. The topological polar surface area (TPSA) is 64.6 Å². The zero-order chi connectivity index (χ0) is 22.4.